The monoisotopic (exact) mass is 355 g/mol. The van der Waals surface area contributed by atoms with Crippen molar-refractivity contribution < 1.29 is 19.1 Å². The second-order valence-corrected chi connectivity index (χ2v) is 6.97. The number of nitrogens with zero attached hydrogens (tertiary/aromatic N) is 1. The van der Waals surface area contributed by atoms with Crippen molar-refractivity contribution in [1.82, 2.24) is 15.8 Å². The second-order valence-electron chi connectivity index (χ2n) is 4.48. The third-order valence-corrected chi connectivity index (χ3v) is 3.64. The predicted octanol–water partition coefficient (Wildman–Crippen LogP) is 2.08. The van der Waals surface area contributed by atoms with Gasteiger partial charge < -0.3 is 15.1 Å². The van der Waals surface area contributed by atoms with Crippen LogP contribution in [0.1, 0.15) is 11.1 Å². The lowest BCUT2D eigenvalue weighted by Crippen LogP contribution is -2.45. The van der Waals surface area contributed by atoms with Crippen LogP contribution in [0.4, 0.5) is 4.79 Å². The van der Waals surface area contributed by atoms with Crippen molar-refractivity contribution in [2.45, 2.75) is 13.5 Å². The molecule has 0 saturated heterocycles. The summed E-state index contributed by atoms with van der Waals surface area (Å²) < 4.78 is 10.6. The molecule has 0 unspecified atom stereocenters. The molecule has 1 aromatic rings. The van der Waals surface area contributed by atoms with Crippen LogP contribution in [0.2, 0.25) is 10.0 Å². The fraction of sp³-hybridized carbons (Fsp3) is 0.364. The minimum absolute atomic E-state index is 0.311. The maximum Gasteiger partial charge on any atom is 0.344 e. The van der Waals surface area contributed by atoms with E-state index in [2.05, 4.69) is 10.7 Å². The molecule has 10 heteroatoms. The first-order chi connectivity index (χ1) is 9.58. The average Bonchev–Trinajstić information content (AvgIpc) is 2.30. The largest absolute Gasteiger partial charge is 0.344 e. The molecule has 1 aromatic carbocycles. The van der Waals surface area contributed by atoms with Crippen LogP contribution in [0.5, 0.6) is 0 Å². The van der Waals surface area contributed by atoms with Crippen molar-refractivity contribution in [1.29, 1.82) is 0 Å². The Kier molecular flexibility index (Phi) is 6.46. The van der Waals surface area contributed by atoms with E-state index in [1.165, 1.54) is 5.01 Å². The summed E-state index contributed by atoms with van der Waals surface area (Å²) in [6.07, 6.45) is -0.729. The minimum Gasteiger partial charge on any atom is -0.325 e. The highest BCUT2D eigenvalue weighted by Gasteiger charge is 2.15. The Balaban J connectivity index is 2.60. The molecule has 0 fully saturated rings. The summed E-state index contributed by atoms with van der Waals surface area (Å²) in [5, 5.41) is 4.51. The number of halogens is 2. The summed E-state index contributed by atoms with van der Waals surface area (Å²) in [4.78, 5) is 28.8. The number of urea groups is 1. The number of aryl methyl sites for hydroxylation is 1. The third-order valence-electron chi connectivity index (χ3n) is 2.52. The second kappa shape index (κ2) is 7.45. The molecule has 0 saturated carbocycles. The van der Waals surface area contributed by atoms with Gasteiger partial charge in [-0.25, -0.2) is 9.80 Å². The van der Waals surface area contributed by atoms with Crippen molar-refractivity contribution in [2.24, 2.45) is 0 Å². The zero-order chi connectivity index (χ0) is 16.2. The maximum absolute atomic E-state index is 11.5. The summed E-state index contributed by atoms with van der Waals surface area (Å²) >= 11 is 12.0. The van der Waals surface area contributed by atoms with Gasteiger partial charge in [0.05, 0.1) is 0 Å². The molecule has 0 aliphatic heterocycles. The number of benzene rings is 1. The molecule has 118 valence electrons. The van der Waals surface area contributed by atoms with Crippen molar-refractivity contribution in [3.05, 3.63) is 33.3 Å². The van der Waals surface area contributed by atoms with E-state index in [4.69, 9.17) is 33.0 Å². The first-order valence-electron chi connectivity index (χ1n) is 5.83. The van der Waals surface area contributed by atoms with E-state index in [1.807, 2.05) is 6.92 Å². The Morgan fingerprint density at radius 2 is 2.00 bits per heavy atom. The Morgan fingerprint density at radius 1 is 1.38 bits per heavy atom. The number of hydrazine groups is 1. The van der Waals surface area contributed by atoms with Gasteiger partial charge in [-0.2, -0.15) is 0 Å². The predicted molar refractivity (Wildman–Crippen MR) is 81.2 cm³/mol. The molecule has 4 N–H and O–H groups in total. The van der Waals surface area contributed by atoms with E-state index in [1.54, 1.807) is 19.2 Å². The van der Waals surface area contributed by atoms with Gasteiger partial charge in [0.25, 0.3) is 0 Å². The number of hydrogen-bond acceptors (Lipinski definition) is 3. The summed E-state index contributed by atoms with van der Waals surface area (Å²) in [6.45, 7) is 2.15. The van der Waals surface area contributed by atoms with Gasteiger partial charge in [-0.05, 0) is 30.2 Å². The number of nitrogens with one attached hydrogen (secondary N) is 2. The van der Waals surface area contributed by atoms with E-state index >= 15 is 0 Å². The van der Waals surface area contributed by atoms with E-state index in [0.717, 1.165) is 11.1 Å². The lowest BCUT2D eigenvalue weighted by molar-refractivity contribution is 0.194. The topological polar surface area (TPSA) is 102 Å². The number of carbonyl (C=O) groups excluding carboxylic acids is 1. The highest BCUT2D eigenvalue weighted by Crippen LogP contribution is 2.31. The zero-order valence-corrected chi connectivity index (χ0v) is 13.8. The van der Waals surface area contributed by atoms with Crippen molar-refractivity contribution >= 4 is 36.8 Å². The van der Waals surface area contributed by atoms with Crippen LogP contribution in [0.25, 0.3) is 0 Å². The SMILES string of the molecule is Cc1cc(Cl)cc(Cl)c1CN(C)NC(=O)NCP(=O)(O)O. The van der Waals surface area contributed by atoms with Gasteiger partial charge >= 0.3 is 13.6 Å². The van der Waals surface area contributed by atoms with Crippen LogP contribution in [0, 0.1) is 6.92 Å². The highest BCUT2D eigenvalue weighted by molar-refractivity contribution is 7.51. The van der Waals surface area contributed by atoms with E-state index in [9.17, 15) is 9.36 Å². The molecular weight excluding hydrogens is 340 g/mol. The Hall–Kier alpha value is -0.820. The highest BCUT2D eigenvalue weighted by atomic mass is 35.5. The fourth-order valence-corrected chi connectivity index (χ4v) is 2.60. The smallest absolute Gasteiger partial charge is 0.325 e. The fourth-order valence-electron chi connectivity index (χ4n) is 1.60. The van der Waals surface area contributed by atoms with Crippen LogP contribution >= 0.6 is 30.8 Å². The molecule has 1 rings (SSSR count). The molecule has 0 heterocycles. The van der Waals surface area contributed by atoms with Gasteiger partial charge in [-0.1, -0.05) is 23.2 Å². The molecule has 0 bridgehead atoms. The molecule has 0 spiro atoms. The van der Waals surface area contributed by atoms with Crippen LogP contribution in [-0.2, 0) is 11.1 Å². The summed E-state index contributed by atoms with van der Waals surface area (Å²) in [5.41, 5.74) is 4.08. The van der Waals surface area contributed by atoms with Crippen molar-refractivity contribution in [3.63, 3.8) is 0 Å². The molecule has 21 heavy (non-hydrogen) atoms. The average molecular weight is 356 g/mol. The van der Waals surface area contributed by atoms with Gasteiger partial charge in [0.15, 0.2) is 0 Å². The molecule has 0 radical (unpaired) electrons. The van der Waals surface area contributed by atoms with E-state index < -0.39 is 19.9 Å². The first-order valence-corrected chi connectivity index (χ1v) is 8.38. The summed E-state index contributed by atoms with van der Waals surface area (Å²) in [5.74, 6) is 0. The van der Waals surface area contributed by atoms with E-state index in [-0.39, 0.29) is 0 Å². The van der Waals surface area contributed by atoms with Crippen LogP contribution in [0.15, 0.2) is 12.1 Å². The van der Waals surface area contributed by atoms with Crippen LogP contribution < -0.4 is 10.7 Å². The van der Waals surface area contributed by atoms with Gasteiger partial charge in [0, 0.05) is 23.6 Å². The van der Waals surface area contributed by atoms with E-state index in [0.29, 0.717) is 16.6 Å². The van der Waals surface area contributed by atoms with Crippen molar-refractivity contribution in [3.8, 4) is 0 Å². The maximum atomic E-state index is 11.5. The van der Waals surface area contributed by atoms with Crippen LogP contribution in [0.3, 0.4) is 0 Å². The van der Waals surface area contributed by atoms with Gasteiger partial charge in [-0.3, -0.25) is 9.99 Å². The summed E-state index contributed by atoms with van der Waals surface area (Å²) in [6, 6.07) is 2.64. The first kappa shape index (κ1) is 18.2. The Bertz CT molecular complexity index is 556. The minimum atomic E-state index is -4.28. The number of rotatable bonds is 5. The molecule has 0 aromatic heterocycles. The van der Waals surface area contributed by atoms with Gasteiger partial charge in [0.1, 0.15) is 6.29 Å². The molecule has 0 aliphatic carbocycles. The van der Waals surface area contributed by atoms with Gasteiger partial charge in [0.2, 0.25) is 0 Å². The zero-order valence-electron chi connectivity index (χ0n) is 11.4. The number of amides is 2. The summed E-state index contributed by atoms with van der Waals surface area (Å²) in [7, 11) is -2.68. The third kappa shape index (κ3) is 6.65. The number of hydrogen-bond donors (Lipinski definition) is 4. The quantitative estimate of drug-likeness (QED) is 0.478. The lowest BCUT2D eigenvalue weighted by Gasteiger charge is -2.20. The molecule has 0 aliphatic rings. The normalized spacial score (nSPS) is 11.6. The Labute approximate surface area is 132 Å². The molecule has 2 amide bonds. The number of carbonyl (C=O) groups is 1. The molecule has 7 nitrogen and oxygen atoms in total. The standard InChI is InChI=1S/C11H16Cl2N3O4P/c1-7-3-8(12)4-10(13)9(7)5-16(2)15-11(17)14-6-21(18,19)20/h3-4H,5-6H2,1-2H3,(H2,14,15,17)(H2,18,19,20). The van der Waals surface area contributed by atoms with Gasteiger partial charge in [-0.15, -0.1) is 0 Å². The molecular formula is C11H16Cl2N3O4P. The lowest BCUT2D eigenvalue weighted by atomic mass is 10.1. The molecule has 0 atom stereocenters. The van der Waals surface area contributed by atoms with Crippen molar-refractivity contribution in [2.75, 3.05) is 13.3 Å². The van der Waals surface area contributed by atoms with Crippen LogP contribution in [-0.4, -0.2) is 34.2 Å². The Morgan fingerprint density at radius 3 is 2.52 bits per heavy atom.